The minimum atomic E-state index is -4.58. The van der Waals surface area contributed by atoms with Crippen LogP contribution in [0.4, 0.5) is 18.9 Å². The molecule has 0 bridgehead atoms. The van der Waals surface area contributed by atoms with Crippen molar-refractivity contribution < 1.29 is 27.5 Å². The highest BCUT2D eigenvalue weighted by Gasteiger charge is 2.31. The van der Waals surface area contributed by atoms with Crippen LogP contribution in [0.25, 0.3) is 0 Å². The number of thioether (sulfide) groups is 1. The average molecular weight is 418 g/mol. The number of hydrogen-bond donors (Lipinski definition) is 1. The maximum absolute atomic E-state index is 12.8. The third kappa shape index (κ3) is 5.40. The Morgan fingerprint density at radius 1 is 1.19 bits per heavy atom. The fourth-order valence-corrected chi connectivity index (χ4v) is 2.87. The van der Waals surface area contributed by atoms with E-state index in [0.717, 1.165) is 18.2 Å². The zero-order valence-electron chi connectivity index (χ0n) is 14.3. The van der Waals surface area contributed by atoms with Gasteiger partial charge in [0.1, 0.15) is 0 Å². The van der Waals surface area contributed by atoms with E-state index in [4.69, 9.17) is 16.3 Å². The Hall–Kier alpha value is -2.19. The second-order valence-corrected chi connectivity index (χ2v) is 6.68. The molecule has 0 aliphatic rings. The second-order valence-electron chi connectivity index (χ2n) is 5.43. The monoisotopic (exact) mass is 417 g/mol. The highest BCUT2D eigenvalue weighted by atomic mass is 35.5. The predicted molar refractivity (Wildman–Crippen MR) is 98.2 cm³/mol. The number of amides is 1. The molecule has 1 atom stereocenters. The minimum absolute atomic E-state index is 0.0670. The molecular weight excluding hydrogens is 403 g/mol. The molecular formula is C18H15ClF3NO3S. The van der Waals surface area contributed by atoms with Gasteiger partial charge in [0.2, 0.25) is 0 Å². The van der Waals surface area contributed by atoms with Gasteiger partial charge in [-0.2, -0.15) is 13.2 Å². The van der Waals surface area contributed by atoms with Crippen LogP contribution in [0.2, 0.25) is 5.02 Å². The van der Waals surface area contributed by atoms with Crippen LogP contribution < -0.4 is 5.32 Å². The number of alkyl halides is 3. The van der Waals surface area contributed by atoms with Gasteiger partial charge in [-0.1, -0.05) is 23.7 Å². The van der Waals surface area contributed by atoms with E-state index in [1.54, 1.807) is 30.5 Å². The molecule has 1 N–H and O–H groups in total. The van der Waals surface area contributed by atoms with Gasteiger partial charge in [-0.25, -0.2) is 4.79 Å². The smallest absolute Gasteiger partial charge is 0.416 e. The van der Waals surface area contributed by atoms with Crippen molar-refractivity contribution in [1.29, 1.82) is 0 Å². The largest absolute Gasteiger partial charge is 0.449 e. The molecule has 0 aliphatic carbocycles. The fraction of sp³-hybridized carbons (Fsp3) is 0.222. The van der Waals surface area contributed by atoms with Crippen LogP contribution in [0, 0.1) is 0 Å². The molecule has 0 unspecified atom stereocenters. The maximum Gasteiger partial charge on any atom is 0.416 e. The number of nitrogens with one attached hydrogen (secondary N) is 1. The highest BCUT2D eigenvalue weighted by molar-refractivity contribution is 7.98. The molecule has 2 aromatic rings. The van der Waals surface area contributed by atoms with Gasteiger partial charge in [0.15, 0.2) is 6.10 Å². The van der Waals surface area contributed by atoms with Crippen LogP contribution in [0.5, 0.6) is 0 Å². The molecule has 0 radical (unpaired) electrons. The molecule has 144 valence electrons. The van der Waals surface area contributed by atoms with E-state index < -0.39 is 29.7 Å². The van der Waals surface area contributed by atoms with Crippen molar-refractivity contribution in [3.63, 3.8) is 0 Å². The first kappa shape index (κ1) is 21.1. The van der Waals surface area contributed by atoms with Crippen molar-refractivity contribution in [3.8, 4) is 0 Å². The van der Waals surface area contributed by atoms with Gasteiger partial charge in [-0.3, -0.25) is 4.79 Å². The van der Waals surface area contributed by atoms with E-state index in [1.165, 1.54) is 18.7 Å². The summed E-state index contributed by atoms with van der Waals surface area (Å²) in [5.41, 5.74) is -0.883. The minimum Gasteiger partial charge on any atom is -0.449 e. The zero-order valence-corrected chi connectivity index (χ0v) is 15.8. The average Bonchev–Trinajstić information content (AvgIpc) is 2.62. The Labute approximate surface area is 163 Å². The molecule has 4 nitrogen and oxygen atoms in total. The fourth-order valence-electron chi connectivity index (χ4n) is 2.12. The number of benzene rings is 2. The Kier molecular flexibility index (Phi) is 6.78. The molecule has 0 saturated carbocycles. The molecule has 1 amide bonds. The number of carbonyl (C=O) groups excluding carboxylic acids is 2. The first-order valence-corrected chi connectivity index (χ1v) is 9.25. The summed E-state index contributed by atoms with van der Waals surface area (Å²) in [6.45, 7) is 1.32. The lowest BCUT2D eigenvalue weighted by molar-refractivity contribution is -0.137. The summed E-state index contributed by atoms with van der Waals surface area (Å²) in [6.07, 6.45) is -4.03. The molecule has 27 heavy (non-hydrogen) atoms. The topological polar surface area (TPSA) is 55.4 Å². The third-order valence-corrected chi connectivity index (χ3v) is 4.66. The summed E-state index contributed by atoms with van der Waals surface area (Å²) in [5.74, 6) is -1.51. The van der Waals surface area contributed by atoms with Crippen molar-refractivity contribution in [2.45, 2.75) is 24.1 Å². The Bertz CT molecular complexity index is 858. The summed E-state index contributed by atoms with van der Waals surface area (Å²) in [5, 5.41) is 2.19. The molecule has 0 aromatic heterocycles. The molecule has 0 saturated heterocycles. The van der Waals surface area contributed by atoms with Crippen molar-refractivity contribution in [2.24, 2.45) is 0 Å². The van der Waals surface area contributed by atoms with Gasteiger partial charge in [0.05, 0.1) is 21.8 Å². The van der Waals surface area contributed by atoms with Crippen molar-refractivity contribution in [1.82, 2.24) is 0 Å². The maximum atomic E-state index is 12.8. The number of hydrogen-bond acceptors (Lipinski definition) is 4. The number of esters is 1. The quantitative estimate of drug-likeness (QED) is 0.532. The normalized spacial score (nSPS) is 12.4. The number of halogens is 4. The molecule has 0 heterocycles. The molecule has 9 heteroatoms. The third-order valence-electron chi connectivity index (χ3n) is 3.53. The van der Waals surface area contributed by atoms with Gasteiger partial charge >= 0.3 is 12.1 Å². The van der Waals surface area contributed by atoms with Gasteiger partial charge in [0.25, 0.3) is 5.91 Å². The van der Waals surface area contributed by atoms with Crippen LogP contribution in [0.1, 0.15) is 22.8 Å². The van der Waals surface area contributed by atoms with Crippen molar-refractivity contribution in [3.05, 3.63) is 58.6 Å². The lowest BCUT2D eigenvalue weighted by Gasteiger charge is -2.16. The standard InChI is InChI=1S/C18H15ClF3NO3S/c1-10(26-17(25)12-5-3-4-6-15(12)27-2)16(24)23-14-9-11(18(20,21)22)7-8-13(14)19/h3-10H,1-2H3,(H,23,24)/t10-/m1/s1. The van der Waals surface area contributed by atoms with E-state index in [1.807, 2.05) is 0 Å². The van der Waals surface area contributed by atoms with Crippen LogP contribution in [-0.4, -0.2) is 24.2 Å². The summed E-state index contributed by atoms with van der Waals surface area (Å²) in [6, 6.07) is 9.26. The van der Waals surface area contributed by atoms with Gasteiger partial charge < -0.3 is 10.1 Å². The van der Waals surface area contributed by atoms with Crippen LogP contribution >= 0.6 is 23.4 Å². The first-order chi connectivity index (χ1) is 12.6. The van der Waals surface area contributed by atoms with E-state index in [2.05, 4.69) is 5.32 Å². The summed E-state index contributed by atoms with van der Waals surface area (Å²) < 4.78 is 43.5. The molecule has 2 rings (SSSR count). The first-order valence-electron chi connectivity index (χ1n) is 7.65. The predicted octanol–water partition coefficient (Wildman–Crippen LogP) is 5.26. The van der Waals surface area contributed by atoms with Crippen LogP contribution in [0.3, 0.4) is 0 Å². The zero-order chi connectivity index (χ0) is 20.2. The molecule has 2 aromatic carbocycles. The highest BCUT2D eigenvalue weighted by Crippen LogP contribution is 2.34. The summed E-state index contributed by atoms with van der Waals surface area (Å²) >= 11 is 7.19. The van der Waals surface area contributed by atoms with Gasteiger partial charge in [-0.15, -0.1) is 11.8 Å². The van der Waals surface area contributed by atoms with E-state index >= 15 is 0 Å². The van der Waals surface area contributed by atoms with E-state index in [0.29, 0.717) is 10.5 Å². The lowest BCUT2D eigenvalue weighted by atomic mass is 10.2. The molecule has 0 fully saturated rings. The molecule has 0 aliphatic heterocycles. The van der Waals surface area contributed by atoms with Crippen LogP contribution in [0.15, 0.2) is 47.4 Å². The number of ether oxygens (including phenoxy) is 1. The van der Waals surface area contributed by atoms with Crippen LogP contribution in [-0.2, 0) is 15.7 Å². The Morgan fingerprint density at radius 2 is 1.85 bits per heavy atom. The van der Waals surface area contributed by atoms with Gasteiger partial charge in [-0.05, 0) is 43.5 Å². The number of anilines is 1. The van der Waals surface area contributed by atoms with Crippen molar-refractivity contribution in [2.75, 3.05) is 11.6 Å². The second kappa shape index (κ2) is 8.67. The van der Waals surface area contributed by atoms with E-state index in [9.17, 15) is 22.8 Å². The Morgan fingerprint density at radius 3 is 2.48 bits per heavy atom. The summed E-state index contributed by atoms with van der Waals surface area (Å²) in [4.78, 5) is 25.1. The number of rotatable bonds is 5. The SMILES string of the molecule is CSc1ccccc1C(=O)O[C@H](C)C(=O)Nc1cc(C(F)(F)F)ccc1Cl. The van der Waals surface area contributed by atoms with E-state index in [-0.39, 0.29) is 10.7 Å². The lowest BCUT2D eigenvalue weighted by Crippen LogP contribution is -2.30. The van der Waals surface area contributed by atoms with Crippen molar-refractivity contribution >= 4 is 40.9 Å². The van der Waals surface area contributed by atoms with Gasteiger partial charge in [0, 0.05) is 4.90 Å². The Balaban J connectivity index is 2.11. The molecule has 0 spiro atoms. The summed E-state index contributed by atoms with van der Waals surface area (Å²) in [7, 11) is 0. The number of carbonyl (C=O) groups is 2.